The molecule has 5 nitrogen and oxygen atoms in total. The van der Waals surface area contributed by atoms with E-state index < -0.39 is 0 Å². The zero-order valence-electron chi connectivity index (χ0n) is 17.1. The molecule has 2 aliphatic heterocycles. The van der Waals surface area contributed by atoms with Crippen LogP contribution in [0.15, 0.2) is 41.4 Å². The summed E-state index contributed by atoms with van der Waals surface area (Å²) in [5.41, 5.74) is 3.24. The van der Waals surface area contributed by atoms with Crippen molar-refractivity contribution in [3.05, 3.63) is 36.4 Å². The van der Waals surface area contributed by atoms with Crippen molar-refractivity contribution >= 4 is 23.4 Å². The van der Waals surface area contributed by atoms with E-state index in [1.165, 1.54) is 49.6 Å². The van der Waals surface area contributed by atoms with Crippen LogP contribution in [-0.4, -0.2) is 52.9 Å². The minimum absolute atomic E-state index is 0.219. The number of aromatic nitrogens is 2. The summed E-state index contributed by atoms with van der Waals surface area (Å²) in [6.45, 7) is 4.11. The molecule has 1 amide bonds. The lowest BCUT2D eigenvalue weighted by molar-refractivity contribution is -0.128. The van der Waals surface area contributed by atoms with Crippen LogP contribution in [-0.2, 0) is 4.79 Å². The first-order chi connectivity index (χ1) is 14.3. The number of nitrogens with zero attached hydrogens (tertiary/aromatic N) is 4. The highest BCUT2D eigenvalue weighted by Gasteiger charge is 2.16. The first-order valence-corrected chi connectivity index (χ1v) is 11.9. The smallest absolute Gasteiger partial charge is 0.232 e. The van der Waals surface area contributed by atoms with Crippen molar-refractivity contribution in [2.24, 2.45) is 0 Å². The van der Waals surface area contributed by atoms with Gasteiger partial charge in [-0.15, -0.1) is 10.2 Å². The molecule has 0 bridgehead atoms. The highest BCUT2D eigenvalue weighted by molar-refractivity contribution is 7.99. The highest BCUT2D eigenvalue weighted by atomic mass is 32.2. The Morgan fingerprint density at radius 3 is 2.10 bits per heavy atom. The molecule has 1 aromatic carbocycles. The Kier molecular flexibility index (Phi) is 7.04. The molecule has 0 atom stereocenters. The van der Waals surface area contributed by atoms with Gasteiger partial charge < -0.3 is 9.80 Å². The molecular formula is C23H30N4OS. The van der Waals surface area contributed by atoms with Crippen LogP contribution >= 0.6 is 11.8 Å². The molecule has 0 spiro atoms. The van der Waals surface area contributed by atoms with Crippen LogP contribution in [0.5, 0.6) is 0 Å². The first-order valence-electron chi connectivity index (χ1n) is 10.9. The summed E-state index contributed by atoms with van der Waals surface area (Å²) in [5.74, 6) is 0.662. The lowest BCUT2D eigenvalue weighted by Gasteiger charge is -2.28. The summed E-state index contributed by atoms with van der Waals surface area (Å²) in [6, 6.07) is 12.6. The summed E-state index contributed by atoms with van der Waals surface area (Å²) in [6.07, 6.45) is 8.64. The summed E-state index contributed by atoms with van der Waals surface area (Å²) >= 11 is 1.48. The molecule has 0 aliphatic carbocycles. The standard InChI is InChI=1S/C23H30N4OS/c28-23(27-16-4-1-2-5-17-27)18-29-22-13-12-21(24-25-22)19-8-10-20(11-9-19)26-14-6-3-7-15-26/h8-13H,1-7,14-18H2. The van der Waals surface area contributed by atoms with Crippen LogP contribution in [0, 0.1) is 0 Å². The van der Waals surface area contributed by atoms with Gasteiger partial charge in [0.1, 0.15) is 5.03 Å². The van der Waals surface area contributed by atoms with Crippen LogP contribution in [0.4, 0.5) is 5.69 Å². The lowest BCUT2D eigenvalue weighted by Crippen LogP contribution is -2.33. The fraction of sp³-hybridized carbons (Fsp3) is 0.522. The molecule has 6 heteroatoms. The van der Waals surface area contributed by atoms with Crippen LogP contribution < -0.4 is 4.90 Å². The quantitative estimate of drug-likeness (QED) is 0.673. The number of likely N-dealkylation sites (tertiary alicyclic amines) is 1. The molecule has 4 rings (SSSR count). The van der Waals surface area contributed by atoms with Crippen molar-refractivity contribution in [2.45, 2.75) is 50.0 Å². The number of piperidine rings is 1. The van der Waals surface area contributed by atoms with E-state index in [0.717, 1.165) is 55.3 Å². The Hall–Kier alpha value is -2.08. The lowest BCUT2D eigenvalue weighted by atomic mass is 10.1. The largest absolute Gasteiger partial charge is 0.372 e. The molecule has 3 heterocycles. The molecule has 2 saturated heterocycles. The Bertz CT molecular complexity index is 780. The van der Waals surface area contributed by atoms with Gasteiger partial charge in [-0.1, -0.05) is 36.7 Å². The number of rotatable bonds is 5. The van der Waals surface area contributed by atoms with Crippen molar-refractivity contribution in [3.63, 3.8) is 0 Å². The molecule has 154 valence electrons. The number of hydrogen-bond donors (Lipinski definition) is 0. The summed E-state index contributed by atoms with van der Waals surface area (Å²) < 4.78 is 0. The van der Waals surface area contributed by atoms with Gasteiger partial charge in [0.15, 0.2) is 0 Å². The summed E-state index contributed by atoms with van der Waals surface area (Å²) in [7, 11) is 0. The summed E-state index contributed by atoms with van der Waals surface area (Å²) in [4.78, 5) is 16.9. The number of benzene rings is 1. The number of carbonyl (C=O) groups is 1. The number of thioether (sulfide) groups is 1. The predicted octanol–water partition coefficient (Wildman–Crippen LogP) is 4.63. The Morgan fingerprint density at radius 2 is 1.45 bits per heavy atom. The molecule has 1 aromatic heterocycles. The third-order valence-electron chi connectivity index (χ3n) is 5.83. The van der Waals surface area contributed by atoms with Crippen LogP contribution in [0.1, 0.15) is 44.9 Å². The molecule has 0 saturated carbocycles. The van der Waals surface area contributed by atoms with E-state index in [0.29, 0.717) is 5.75 Å². The van der Waals surface area contributed by atoms with Gasteiger partial charge in [0.2, 0.25) is 5.91 Å². The fourth-order valence-corrected chi connectivity index (χ4v) is 4.81. The number of amides is 1. The topological polar surface area (TPSA) is 49.3 Å². The van der Waals surface area contributed by atoms with Gasteiger partial charge in [0, 0.05) is 37.4 Å². The monoisotopic (exact) mass is 410 g/mol. The van der Waals surface area contributed by atoms with Crippen molar-refractivity contribution < 1.29 is 4.79 Å². The second-order valence-corrected chi connectivity index (χ2v) is 8.93. The normalized spacial score (nSPS) is 17.8. The maximum atomic E-state index is 12.4. The van der Waals surface area contributed by atoms with E-state index >= 15 is 0 Å². The SMILES string of the molecule is O=C(CSc1ccc(-c2ccc(N3CCCCC3)cc2)nn1)N1CCCCCC1. The Morgan fingerprint density at radius 1 is 0.793 bits per heavy atom. The highest BCUT2D eigenvalue weighted by Crippen LogP contribution is 2.25. The van der Waals surface area contributed by atoms with Gasteiger partial charge in [-0.3, -0.25) is 4.79 Å². The van der Waals surface area contributed by atoms with Gasteiger partial charge >= 0.3 is 0 Å². The van der Waals surface area contributed by atoms with Gasteiger partial charge in [-0.25, -0.2) is 0 Å². The average Bonchev–Trinajstić information content (AvgIpc) is 3.08. The van der Waals surface area contributed by atoms with Crippen LogP contribution in [0.3, 0.4) is 0 Å². The molecule has 0 radical (unpaired) electrons. The third kappa shape index (κ3) is 5.50. The fourth-order valence-electron chi connectivity index (χ4n) is 4.09. The van der Waals surface area contributed by atoms with E-state index in [2.05, 4.69) is 39.4 Å². The van der Waals surface area contributed by atoms with Crippen molar-refractivity contribution in [1.82, 2.24) is 15.1 Å². The first kappa shape index (κ1) is 20.2. The van der Waals surface area contributed by atoms with Crippen molar-refractivity contribution in [3.8, 4) is 11.3 Å². The van der Waals surface area contributed by atoms with E-state index in [9.17, 15) is 4.79 Å². The second kappa shape index (κ2) is 10.1. The maximum absolute atomic E-state index is 12.4. The molecule has 2 aromatic rings. The summed E-state index contributed by atoms with van der Waals surface area (Å²) in [5, 5.41) is 9.53. The molecule has 2 aliphatic rings. The van der Waals surface area contributed by atoms with Crippen LogP contribution in [0.25, 0.3) is 11.3 Å². The molecule has 0 unspecified atom stereocenters. The van der Waals surface area contributed by atoms with Gasteiger partial charge in [-0.05, 0) is 56.4 Å². The minimum Gasteiger partial charge on any atom is -0.372 e. The van der Waals surface area contributed by atoms with E-state index in [4.69, 9.17) is 0 Å². The number of hydrogen-bond acceptors (Lipinski definition) is 5. The van der Waals surface area contributed by atoms with Gasteiger partial charge in [0.25, 0.3) is 0 Å². The Labute approximate surface area is 177 Å². The Balaban J connectivity index is 1.32. The zero-order valence-corrected chi connectivity index (χ0v) is 17.9. The van der Waals surface area contributed by atoms with Gasteiger partial charge in [-0.2, -0.15) is 0 Å². The van der Waals surface area contributed by atoms with E-state index in [-0.39, 0.29) is 5.91 Å². The van der Waals surface area contributed by atoms with Crippen LogP contribution in [0.2, 0.25) is 0 Å². The van der Waals surface area contributed by atoms with Crippen molar-refractivity contribution in [1.29, 1.82) is 0 Å². The third-order valence-corrected chi connectivity index (χ3v) is 6.73. The second-order valence-electron chi connectivity index (χ2n) is 7.94. The minimum atomic E-state index is 0.219. The number of carbonyl (C=O) groups excluding carboxylic acids is 1. The van der Waals surface area contributed by atoms with Crippen molar-refractivity contribution in [2.75, 3.05) is 36.8 Å². The van der Waals surface area contributed by atoms with Gasteiger partial charge in [0.05, 0.1) is 11.4 Å². The van der Waals surface area contributed by atoms with E-state index in [1.807, 2.05) is 17.0 Å². The van der Waals surface area contributed by atoms with E-state index in [1.54, 1.807) is 0 Å². The molecular weight excluding hydrogens is 380 g/mol. The average molecular weight is 411 g/mol. The zero-order chi connectivity index (χ0) is 19.9. The number of anilines is 1. The predicted molar refractivity (Wildman–Crippen MR) is 119 cm³/mol. The molecule has 29 heavy (non-hydrogen) atoms. The molecule has 2 fully saturated rings. The molecule has 0 N–H and O–H groups in total. The maximum Gasteiger partial charge on any atom is 0.232 e.